The van der Waals surface area contributed by atoms with Gasteiger partial charge in [-0.3, -0.25) is 0 Å². The number of hydrogen-bond acceptors (Lipinski definition) is 2. The van der Waals surface area contributed by atoms with E-state index in [0.717, 1.165) is 17.7 Å². The Kier molecular flexibility index (Phi) is 2.94. The summed E-state index contributed by atoms with van der Waals surface area (Å²) in [5.41, 5.74) is 6.97. The molecular weight excluding hydrogens is 162 g/mol. The van der Waals surface area contributed by atoms with Crippen LogP contribution in [-0.2, 0) is 5.54 Å². The third-order valence-corrected chi connectivity index (χ3v) is 2.46. The third kappa shape index (κ3) is 2.22. The van der Waals surface area contributed by atoms with Gasteiger partial charge in [0.15, 0.2) is 0 Å². The van der Waals surface area contributed by atoms with Crippen LogP contribution in [0.5, 0.6) is 5.75 Å². The summed E-state index contributed by atoms with van der Waals surface area (Å²) < 4.78 is 5.14. The van der Waals surface area contributed by atoms with E-state index in [0.29, 0.717) is 0 Å². The van der Waals surface area contributed by atoms with Gasteiger partial charge < -0.3 is 10.5 Å². The van der Waals surface area contributed by atoms with E-state index in [2.05, 4.69) is 6.92 Å². The van der Waals surface area contributed by atoms with Crippen LogP contribution in [0.25, 0.3) is 0 Å². The summed E-state index contributed by atoms with van der Waals surface area (Å²) in [6, 6.07) is 7.92. The molecule has 0 radical (unpaired) electrons. The smallest absolute Gasteiger partial charge is 0.119 e. The molecule has 0 heterocycles. The first-order valence-corrected chi connectivity index (χ1v) is 4.53. The van der Waals surface area contributed by atoms with Crippen LogP contribution in [-0.4, -0.2) is 7.11 Å². The Morgan fingerprint density at radius 2 is 2.15 bits per heavy atom. The molecule has 13 heavy (non-hydrogen) atoms. The molecule has 0 bridgehead atoms. The molecule has 0 aliphatic heterocycles. The summed E-state index contributed by atoms with van der Waals surface area (Å²) in [6.45, 7) is 4.11. The fraction of sp³-hybridized carbons (Fsp3) is 0.455. The summed E-state index contributed by atoms with van der Waals surface area (Å²) in [5.74, 6) is 0.864. The van der Waals surface area contributed by atoms with Gasteiger partial charge in [-0.1, -0.05) is 19.1 Å². The maximum Gasteiger partial charge on any atom is 0.119 e. The Balaban J connectivity index is 3.01. The van der Waals surface area contributed by atoms with E-state index < -0.39 is 0 Å². The van der Waals surface area contributed by atoms with E-state index in [9.17, 15) is 0 Å². The standard InChI is InChI=1S/C11H17NO/c1-4-11(2,12)9-6-5-7-10(8-9)13-3/h5-8H,4,12H2,1-3H3. The van der Waals surface area contributed by atoms with E-state index in [1.165, 1.54) is 0 Å². The molecular formula is C11H17NO. The van der Waals surface area contributed by atoms with Gasteiger partial charge in [0.05, 0.1) is 7.11 Å². The summed E-state index contributed by atoms with van der Waals surface area (Å²) in [7, 11) is 1.67. The molecule has 2 N–H and O–H groups in total. The number of rotatable bonds is 3. The van der Waals surface area contributed by atoms with Crippen molar-refractivity contribution in [3.8, 4) is 5.75 Å². The van der Waals surface area contributed by atoms with Crippen LogP contribution in [0.15, 0.2) is 24.3 Å². The molecule has 0 spiro atoms. The maximum atomic E-state index is 6.11. The van der Waals surface area contributed by atoms with Crippen molar-refractivity contribution in [2.75, 3.05) is 7.11 Å². The van der Waals surface area contributed by atoms with Crippen LogP contribution >= 0.6 is 0 Å². The summed E-state index contributed by atoms with van der Waals surface area (Å²) in [5, 5.41) is 0. The van der Waals surface area contributed by atoms with Crippen LogP contribution in [0.4, 0.5) is 0 Å². The van der Waals surface area contributed by atoms with Crippen LogP contribution in [0, 0.1) is 0 Å². The predicted molar refractivity (Wildman–Crippen MR) is 54.8 cm³/mol. The monoisotopic (exact) mass is 179 g/mol. The molecule has 2 heteroatoms. The first kappa shape index (κ1) is 10.1. The lowest BCUT2D eigenvalue weighted by Gasteiger charge is -2.23. The minimum absolute atomic E-state index is 0.255. The quantitative estimate of drug-likeness (QED) is 0.772. The van der Waals surface area contributed by atoms with Crippen LogP contribution in [0.1, 0.15) is 25.8 Å². The van der Waals surface area contributed by atoms with Crippen molar-refractivity contribution in [1.29, 1.82) is 0 Å². The van der Waals surface area contributed by atoms with Crippen molar-refractivity contribution < 1.29 is 4.74 Å². The number of methoxy groups -OCH3 is 1. The fourth-order valence-corrected chi connectivity index (χ4v) is 1.18. The lowest BCUT2D eigenvalue weighted by molar-refractivity contribution is 0.409. The molecule has 1 rings (SSSR count). The van der Waals surface area contributed by atoms with Gasteiger partial charge in [-0.15, -0.1) is 0 Å². The van der Waals surface area contributed by atoms with E-state index in [1.54, 1.807) is 7.11 Å². The number of nitrogens with two attached hydrogens (primary N) is 1. The molecule has 0 aromatic heterocycles. The maximum absolute atomic E-state index is 6.11. The van der Waals surface area contributed by atoms with Gasteiger partial charge in [0.1, 0.15) is 5.75 Å². The topological polar surface area (TPSA) is 35.2 Å². The highest BCUT2D eigenvalue weighted by molar-refractivity contribution is 5.32. The molecule has 0 saturated heterocycles. The average molecular weight is 179 g/mol. The second-order valence-corrected chi connectivity index (χ2v) is 3.50. The third-order valence-electron chi connectivity index (χ3n) is 2.46. The fourth-order valence-electron chi connectivity index (χ4n) is 1.18. The summed E-state index contributed by atoms with van der Waals surface area (Å²) in [6.07, 6.45) is 0.917. The highest BCUT2D eigenvalue weighted by Crippen LogP contribution is 2.24. The number of ether oxygens (including phenoxy) is 1. The molecule has 1 unspecified atom stereocenters. The van der Waals surface area contributed by atoms with Gasteiger partial charge in [0, 0.05) is 5.54 Å². The SMILES string of the molecule is CCC(C)(N)c1cccc(OC)c1. The highest BCUT2D eigenvalue weighted by Gasteiger charge is 2.18. The molecule has 0 aliphatic carbocycles. The van der Waals surface area contributed by atoms with Crippen molar-refractivity contribution in [2.24, 2.45) is 5.73 Å². The zero-order valence-corrected chi connectivity index (χ0v) is 8.50. The van der Waals surface area contributed by atoms with E-state index in [4.69, 9.17) is 10.5 Å². The van der Waals surface area contributed by atoms with Gasteiger partial charge in [-0.25, -0.2) is 0 Å². The number of hydrogen-bond donors (Lipinski definition) is 1. The molecule has 0 saturated carbocycles. The lowest BCUT2D eigenvalue weighted by Crippen LogP contribution is -2.31. The minimum atomic E-state index is -0.255. The van der Waals surface area contributed by atoms with E-state index in [1.807, 2.05) is 31.2 Å². The van der Waals surface area contributed by atoms with Crippen molar-refractivity contribution in [3.05, 3.63) is 29.8 Å². The first-order valence-electron chi connectivity index (χ1n) is 4.53. The van der Waals surface area contributed by atoms with Crippen molar-refractivity contribution in [3.63, 3.8) is 0 Å². The van der Waals surface area contributed by atoms with Crippen LogP contribution in [0.2, 0.25) is 0 Å². The normalized spacial score (nSPS) is 15.1. The molecule has 0 aliphatic rings. The summed E-state index contributed by atoms with van der Waals surface area (Å²) in [4.78, 5) is 0. The summed E-state index contributed by atoms with van der Waals surface area (Å²) >= 11 is 0. The van der Waals surface area contributed by atoms with Crippen molar-refractivity contribution in [2.45, 2.75) is 25.8 Å². The first-order chi connectivity index (χ1) is 6.10. The van der Waals surface area contributed by atoms with Gasteiger partial charge in [-0.2, -0.15) is 0 Å². The zero-order valence-electron chi connectivity index (χ0n) is 8.50. The van der Waals surface area contributed by atoms with E-state index in [-0.39, 0.29) is 5.54 Å². The van der Waals surface area contributed by atoms with Crippen LogP contribution in [0.3, 0.4) is 0 Å². The molecule has 0 fully saturated rings. The predicted octanol–water partition coefficient (Wildman–Crippen LogP) is 2.28. The van der Waals surface area contributed by atoms with Gasteiger partial charge in [0.2, 0.25) is 0 Å². The minimum Gasteiger partial charge on any atom is -0.497 e. The largest absolute Gasteiger partial charge is 0.497 e. The molecule has 72 valence electrons. The molecule has 0 amide bonds. The zero-order chi connectivity index (χ0) is 9.90. The second-order valence-electron chi connectivity index (χ2n) is 3.50. The average Bonchev–Trinajstić information content (AvgIpc) is 2.18. The Labute approximate surface area is 79.7 Å². The Morgan fingerprint density at radius 1 is 1.46 bits per heavy atom. The highest BCUT2D eigenvalue weighted by atomic mass is 16.5. The van der Waals surface area contributed by atoms with Gasteiger partial charge in [0.25, 0.3) is 0 Å². The van der Waals surface area contributed by atoms with Crippen molar-refractivity contribution >= 4 is 0 Å². The lowest BCUT2D eigenvalue weighted by atomic mass is 9.90. The molecule has 1 aromatic carbocycles. The van der Waals surface area contributed by atoms with Gasteiger partial charge >= 0.3 is 0 Å². The second kappa shape index (κ2) is 3.79. The molecule has 1 atom stereocenters. The Morgan fingerprint density at radius 3 is 2.69 bits per heavy atom. The molecule has 1 aromatic rings. The molecule has 2 nitrogen and oxygen atoms in total. The number of benzene rings is 1. The Hall–Kier alpha value is -1.02. The van der Waals surface area contributed by atoms with Crippen LogP contribution < -0.4 is 10.5 Å². The van der Waals surface area contributed by atoms with Gasteiger partial charge in [-0.05, 0) is 31.0 Å². The van der Waals surface area contributed by atoms with E-state index >= 15 is 0 Å². The Bertz CT molecular complexity index is 281. The van der Waals surface area contributed by atoms with Crippen molar-refractivity contribution in [1.82, 2.24) is 0 Å².